The quantitative estimate of drug-likeness (QED) is 0.912. The van der Waals surface area contributed by atoms with E-state index < -0.39 is 0 Å². The second-order valence-electron chi connectivity index (χ2n) is 6.51. The third-order valence-electron chi connectivity index (χ3n) is 5.23. The molecule has 2 amide bonds. The predicted molar refractivity (Wildman–Crippen MR) is 91.9 cm³/mol. The van der Waals surface area contributed by atoms with E-state index in [0.717, 1.165) is 23.3 Å². The van der Waals surface area contributed by atoms with Gasteiger partial charge in [0.15, 0.2) is 0 Å². The maximum atomic E-state index is 12.5. The van der Waals surface area contributed by atoms with Crippen molar-refractivity contribution < 1.29 is 9.59 Å². The SMILES string of the molecule is O=C1C[C@@H](c2ccncc2)C2(CCN(C(=O)c3cccs3)CC2)N1. The molecule has 2 aliphatic heterocycles. The molecule has 2 aromatic rings. The van der Waals surface area contributed by atoms with Crippen LogP contribution in [0.4, 0.5) is 0 Å². The van der Waals surface area contributed by atoms with Crippen LogP contribution in [0.25, 0.3) is 0 Å². The van der Waals surface area contributed by atoms with Gasteiger partial charge in [0.2, 0.25) is 5.91 Å². The van der Waals surface area contributed by atoms with Gasteiger partial charge in [0.05, 0.1) is 10.4 Å². The number of rotatable bonds is 2. The highest BCUT2D eigenvalue weighted by molar-refractivity contribution is 7.12. The van der Waals surface area contributed by atoms with Crippen LogP contribution in [0.5, 0.6) is 0 Å². The van der Waals surface area contributed by atoms with Crippen molar-refractivity contribution in [2.75, 3.05) is 13.1 Å². The lowest BCUT2D eigenvalue weighted by molar-refractivity contribution is -0.120. The van der Waals surface area contributed by atoms with Crippen LogP contribution in [0.2, 0.25) is 0 Å². The average molecular weight is 341 g/mol. The monoisotopic (exact) mass is 341 g/mol. The van der Waals surface area contributed by atoms with Crippen molar-refractivity contribution in [3.8, 4) is 0 Å². The topological polar surface area (TPSA) is 62.3 Å². The highest BCUT2D eigenvalue weighted by Gasteiger charge is 2.49. The Bertz CT molecular complexity index is 737. The van der Waals surface area contributed by atoms with E-state index in [2.05, 4.69) is 10.3 Å². The van der Waals surface area contributed by atoms with E-state index in [1.54, 1.807) is 12.4 Å². The van der Waals surface area contributed by atoms with Crippen LogP contribution in [-0.4, -0.2) is 40.3 Å². The fraction of sp³-hybridized carbons (Fsp3) is 0.389. The number of pyridine rings is 1. The summed E-state index contributed by atoms with van der Waals surface area (Å²) in [4.78, 5) is 31.4. The van der Waals surface area contributed by atoms with Gasteiger partial charge in [0.25, 0.3) is 5.91 Å². The van der Waals surface area contributed by atoms with E-state index >= 15 is 0 Å². The summed E-state index contributed by atoms with van der Waals surface area (Å²) in [5.74, 6) is 0.367. The number of thiophene rings is 1. The lowest BCUT2D eigenvalue weighted by atomic mass is 9.74. The molecule has 0 unspecified atom stereocenters. The summed E-state index contributed by atoms with van der Waals surface area (Å²) in [6.45, 7) is 1.36. The van der Waals surface area contributed by atoms with Crippen molar-refractivity contribution in [1.82, 2.24) is 15.2 Å². The number of nitrogens with one attached hydrogen (secondary N) is 1. The smallest absolute Gasteiger partial charge is 0.263 e. The third-order valence-corrected chi connectivity index (χ3v) is 6.09. The molecular formula is C18H19N3O2S. The molecule has 2 aromatic heterocycles. The molecule has 4 heterocycles. The summed E-state index contributed by atoms with van der Waals surface area (Å²) in [6, 6.07) is 7.76. The number of piperidine rings is 1. The number of likely N-dealkylation sites (tertiary alicyclic amines) is 1. The van der Waals surface area contributed by atoms with Gasteiger partial charge in [-0.05, 0) is 42.0 Å². The number of amides is 2. The Balaban J connectivity index is 1.52. The number of aromatic nitrogens is 1. The normalized spacial score (nSPS) is 22.6. The first-order valence-electron chi connectivity index (χ1n) is 8.22. The minimum Gasteiger partial charge on any atom is -0.350 e. The zero-order valence-corrected chi connectivity index (χ0v) is 14.1. The minimum absolute atomic E-state index is 0.102. The van der Waals surface area contributed by atoms with Gasteiger partial charge < -0.3 is 10.2 Å². The van der Waals surface area contributed by atoms with E-state index in [-0.39, 0.29) is 23.3 Å². The largest absolute Gasteiger partial charge is 0.350 e. The van der Waals surface area contributed by atoms with Gasteiger partial charge >= 0.3 is 0 Å². The van der Waals surface area contributed by atoms with Crippen molar-refractivity contribution in [3.63, 3.8) is 0 Å². The third kappa shape index (κ3) is 2.60. The summed E-state index contributed by atoms with van der Waals surface area (Å²) in [5, 5.41) is 5.14. The zero-order chi connectivity index (χ0) is 16.6. The van der Waals surface area contributed by atoms with E-state index in [1.807, 2.05) is 34.5 Å². The van der Waals surface area contributed by atoms with Gasteiger partial charge in [-0.3, -0.25) is 14.6 Å². The van der Waals surface area contributed by atoms with Crippen LogP contribution in [0.3, 0.4) is 0 Å². The van der Waals surface area contributed by atoms with Crippen LogP contribution in [0, 0.1) is 0 Å². The van der Waals surface area contributed by atoms with Crippen LogP contribution in [0.1, 0.15) is 40.4 Å². The molecule has 4 rings (SSSR count). The maximum absolute atomic E-state index is 12.5. The first kappa shape index (κ1) is 15.3. The van der Waals surface area contributed by atoms with Gasteiger partial charge in [-0.2, -0.15) is 0 Å². The van der Waals surface area contributed by atoms with Crippen molar-refractivity contribution in [2.24, 2.45) is 0 Å². The molecule has 0 bridgehead atoms. The van der Waals surface area contributed by atoms with E-state index in [0.29, 0.717) is 19.5 Å². The molecule has 0 radical (unpaired) electrons. The van der Waals surface area contributed by atoms with Gasteiger partial charge in [-0.15, -0.1) is 11.3 Å². The lowest BCUT2D eigenvalue weighted by Gasteiger charge is -2.42. The van der Waals surface area contributed by atoms with Crippen LogP contribution < -0.4 is 5.32 Å². The van der Waals surface area contributed by atoms with Crippen molar-refractivity contribution >= 4 is 23.2 Å². The van der Waals surface area contributed by atoms with Gasteiger partial charge in [0.1, 0.15) is 0 Å². The Morgan fingerprint density at radius 3 is 2.67 bits per heavy atom. The fourth-order valence-corrected chi connectivity index (χ4v) is 4.66. The standard InChI is InChI=1S/C18H19N3O2S/c22-16-12-14(13-3-7-19-8-4-13)18(20-16)5-9-21(10-6-18)17(23)15-2-1-11-24-15/h1-4,7-8,11,14H,5-6,9-10,12H2,(H,20,22)/t14-/m0/s1. The molecule has 2 aliphatic rings. The minimum atomic E-state index is -0.231. The zero-order valence-electron chi connectivity index (χ0n) is 13.3. The van der Waals surface area contributed by atoms with Crippen molar-refractivity contribution in [1.29, 1.82) is 0 Å². The number of carbonyl (C=O) groups excluding carboxylic acids is 2. The molecule has 2 saturated heterocycles. The molecule has 124 valence electrons. The molecule has 0 saturated carbocycles. The Morgan fingerprint density at radius 2 is 2.00 bits per heavy atom. The van der Waals surface area contributed by atoms with Crippen LogP contribution in [0.15, 0.2) is 42.0 Å². The molecule has 24 heavy (non-hydrogen) atoms. The molecule has 6 heteroatoms. The second kappa shape index (κ2) is 6.02. The Kier molecular flexibility index (Phi) is 3.84. The second-order valence-corrected chi connectivity index (χ2v) is 7.46. The Hall–Kier alpha value is -2.21. The molecule has 1 atom stereocenters. The van der Waals surface area contributed by atoms with Gasteiger partial charge in [-0.25, -0.2) is 0 Å². The summed E-state index contributed by atoms with van der Waals surface area (Å²) in [6.07, 6.45) is 5.66. The Morgan fingerprint density at radius 1 is 1.25 bits per heavy atom. The fourth-order valence-electron chi connectivity index (χ4n) is 3.97. The molecule has 0 aromatic carbocycles. The molecule has 1 spiro atoms. The highest BCUT2D eigenvalue weighted by Crippen LogP contribution is 2.43. The lowest BCUT2D eigenvalue weighted by Crippen LogP contribution is -2.54. The van der Waals surface area contributed by atoms with E-state index in [9.17, 15) is 9.59 Å². The number of hydrogen-bond acceptors (Lipinski definition) is 4. The average Bonchev–Trinajstić information content (AvgIpc) is 3.24. The highest BCUT2D eigenvalue weighted by atomic mass is 32.1. The summed E-state index contributed by atoms with van der Waals surface area (Å²) in [7, 11) is 0. The van der Waals surface area contributed by atoms with Gasteiger partial charge in [-0.1, -0.05) is 6.07 Å². The predicted octanol–water partition coefficient (Wildman–Crippen LogP) is 2.42. The molecule has 0 aliphatic carbocycles. The van der Waals surface area contributed by atoms with Crippen LogP contribution in [-0.2, 0) is 4.79 Å². The van der Waals surface area contributed by atoms with E-state index in [4.69, 9.17) is 0 Å². The van der Waals surface area contributed by atoms with Crippen LogP contribution >= 0.6 is 11.3 Å². The van der Waals surface area contributed by atoms with Crippen molar-refractivity contribution in [3.05, 3.63) is 52.5 Å². The number of nitrogens with zero attached hydrogens (tertiary/aromatic N) is 2. The van der Waals surface area contributed by atoms with Crippen molar-refractivity contribution in [2.45, 2.75) is 30.7 Å². The summed E-state index contributed by atoms with van der Waals surface area (Å²) in [5.41, 5.74) is 0.923. The summed E-state index contributed by atoms with van der Waals surface area (Å²) < 4.78 is 0. The molecule has 2 fully saturated rings. The van der Waals surface area contributed by atoms with Gasteiger partial charge in [0, 0.05) is 37.8 Å². The molecule has 1 N–H and O–H groups in total. The maximum Gasteiger partial charge on any atom is 0.263 e. The first-order chi connectivity index (χ1) is 11.7. The number of carbonyl (C=O) groups is 2. The number of hydrogen-bond donors (Lipinski definition) is 1. The molecule has 5 nitrogen and oxygen atoms in total. The van der Waals surface area contributed by atoms with E-state index in [1.165, 1.54) is 11.3 Å². The molecular weight excluding hydrogens is 322 g/mol. The summed E-state index contributed by atoms with van der Waals surface area (Å²) >= 11 is 1.48. The first-order valence-corrected chi connectivity index (χ1v) is 9.10. The Labute approximate surface area is 144 Å².